The van der Waals surface area contributed by atoms with Gasteiger partial charge in [-0.2, -0.15) is 5.10 Å². The van der Waals surface area contributed by atoms with E-state index in [1.807, 2.05) is 43.3 Å². The Labute approximate surface area is 159 Å². The van der Waals surface area contributed by atoms with Crippen LogP contribution in [0.1, 0.15) is 31.0 Å². The third-order valence-corrected chi connectivity index (χ3v) is 4.65. The molecule has 2 aromatic rings. The van der Waals surface area contributed by atoms with Crippen LogP contribution in [0.4, 0.5) is 10.6 Å². The number of likely N-dealkylation sites (tertiary alicyclic amines) is 1. The summed E-state index contributed by atoms with van der Waals surface area (Å²) in [6.07, 6.45) is 1.20. The molecule has 0 saturated carbocycles. The molecule has 0 bridgehead atoms. The molecule has 2 heterocycles. The van der Waals surface area contributed by atoms with Crippen LogP contribution < -0.4 is 5.32 Å². The number of amides is 2. The minimum Gasteiger partial charge on any atom is -0.450 e. The second-order valence-corrected chi connectivity index (χ2v) is 6.79. The van der Waals surface area contributed by atoms with Crippen molar-refractivity contribution in [3.05, 3.63) is 47.7 Å². The average molecular weight is 370 g/mol. The van der Waals surface area contributed by atoms with E-state index in [4.69, 9.17) is 4.74 Å². The van der Waals surface area contributed by atoms with E-state index >= 15 is 0 Å². The minimum absolute atomic E-state index is 0.0850. The normalized spacial score (nSPS) is 16.8. The molecule has 2 amide bonds. The Morgan fingerprint density at radius 2 is 2.07 bits per heavy atom. The van der Waals surface area contributed by atoms with Gasteiger partial charge in [0.25, 0.3) is 0 Å². The Hall–Kier alpha value is -2.83. The fourth-order valence-corrected chi connectivity index (χ4v) is 3.32. The van der Waals surface area contributed by atoms with Crippen LogP contribution in [0, 0.1) is 12.8 Å². The molecule has 1 aliphatic heterocycles. The van der Waals surface area contributed by atoms with Crippen LogP contribution in [0.2, 0.25) is 0 Å². The van der Waals surface area contributed by atoms with Gasteiger partial charge in [0, 0.05) is 19.2 Å². The number of hydrogen-bond acceptors (Lipinski definition) is 4. The van der Waals surface area contributed by atoms with Crippen LogP contribution in [-0.2, 0) is 16.1 Å². The summed E-state index contributed by atoms with van der Waals surface area (Å²) >= 11 is 0. The number of piperidine rings is 1. The lowest BCUT2D eigenvalue weighted by Gasteiger charge is -2.31. The maximum atomic E-state index is 12.8. The van der Waals surface area contributed by atoms with Gasteiger partial charge < -0.3 is 15.0 Å². The molecule has 7 heteroatoms. The third-order valence-electron chi connectivity index (χ3n) is 4.65. The predicted octanol–water partition coefficient (Wildman–Crippen LogP) is 3.05. The van der Waals surface area contributed by atoms with E-state index in [0.717, 1.165) is 24.1 Å². The molecule has 1 aromatic heterocycles. The molecule has 144 valence electrons. The van der Waals surface area contributed by atoms with E-state index in [2.05, 4.69) is 10.4 Å². The molecule has 0 spiro atoms. The first-order valence-corrected chi connectivity index (χ1v) is 9.37. The molecule has 1 fully saturated rings. The molecule has 0 radical (unpaired) electrons. The van der Waals surface area contributed by atoms with Crippen LogP contribution in [0.5, 0.6) is 0 Å². The number of carbonyl (C=O) groups excluding carboxylic acids is 2. The van der Waals surface area contributed by atoms with Crippen LogP contribution in [0.25, 0.3) is 0 Å². The maximum Gasteiger partial charge on any atom is 0.409 e. The molecule has 0 unspecified atom stereocenters. The summed E-state index contributed by atoms with van der Waals surface area (Å²) in [5.74, 6) is 0.344. The van der Waals surface area contributed by atoms with E-state index in [-0.39, 0.29) is 17.9 Å². The van der Waals surface area contributed by atoms with Crippen LogP contribution in [0.3, 0.4) is 0 Å². The van der Waals surface area contributed by atoms with E-state index in [0.29, 0.717) is 32.1 Å². The summed E-state index contributed by atoms with van der Waals surface area (Å²) in [5, 5.41) is 7.48. The summed E-state index contributed by atoms with van der Waals surface area (Å²) in [5.41, 5.74) is 1.96. The molecule has 1 saturated heterocycles. The molecule has 1 atom stereocenters. The summed E-state index contributed by atoms with van der Waals surface area (Å²) in [6.45, 7) is 5.63. The number of nitrogens with zero attached hydrogens (tertiary/aromatic N) is 3. The zero-order valence-electron chi connectivity index (χ0n) is 15.9. The molecular weight excluding hydrogens is 344 g/mol. The minimum atomic E-state index is -0.347. The van der Waals surface area contributed by atoms with Crippen molar-refractivity contribution in [1.82, 2.24) is 14.7 Å². The predicted molar refractivity (Wildman–Crippen MR) is 102 cm³/mol. The zero-order valence-corrected chi connectivity index (χ0v) is 15.9. The summed E-state index contributed by atoms with van der Waals surface area (Å²) in [6, 6.07) is 11.9. The van der Waals surface area contributed by atoms with Gasteiger partial charge in [0.2, 0.25) is 5.91 Å². The van der Waals surface area contributed by atoms with E-state index in [1.54, 1.807) is 16.5 Å². The van der Waals surface area contributed by atoms with Crippen LogP contribution in [-0.4, -0.2) is 46.4 Å². The maximum absolute atomic E-state index is 12.8. The molecule has 27 heavy (non-hydrogen) atoms. The second-order valence-electron chi connectivity index (χ2n) is 6.79. The number of aryl methyl sites for hydroxylation is 1. The van der Waals surface area contributed by atoms with Gasteiger partial charge in [0.1, 0.15) is 5.82 Å². The van der Waals surface area contributed by atoms with Gasteiger partial charge in [-0.3, -0.25) is 4.79 Å². The van der Waals surface area contributed by atoms with E-state index in [9.17, 15) is 9.59 Å². The summed E-state index contributed by atoms with van der Waals surface area (Å²) in [4.78, 5) is 26.3. The first kappa shape index (κ1) is 18.9. The third kappa shape index (κ3) is 4.87. The van der Waals surface area contributed by atoms with Crippen molar-refractivity contribution in [1.29, 1.82) is 0 Å². The molecular formula is C20H26N4O3. The molecule has 3 rings (SSSR count). The number of rotatable bonds is 5. The molecule has 1 N–H and O–H groups in total. The highest BCUT2D eigenvalue weighted by Crippen LogP contribution is 2.20. The molecule has 7 nitrogen and oxygen atoms in total. The fourth-order valence-electron chi connectivity index (χ4n) is 3.32. The largest absolute Gasteiger partial charge is 0.450 e. The Morgan fingerprint density at radius 3 is 2.81 bits per heavy atom. The van der Waals surface area contributed by atoms with Crippen molar-refractivity contribution in [2.45, 2.75) is 33.2 Å². The summed E-state index contributed by atoms with van der Waals surface area (Å²) < 4.78 is 6.86. The monoisotopic (exact) mass is 370 g/mol. The van der Waals surface area contributed by atoms with Crippen molar-refractivity contribution in [2.75, 3.05) is 25.0 Å². The highest BCUT2D eigenvalue weighted by Gasteiger charge is 2.29. The van der Waals surface area contributed by atoms with Gasteiger partial charge in [-0.1, -0.05) is 30.3 Å². The fraction of sp³-hybridized carbons (Fsp3) is 0.450. The summed E-state index contributed by atoms with van der Waals surface area (Å²) in [7, 11) is 0. The number of hydrogen-bond donors (Lipinski definition) is 1. The Kier molecular flexibility index (Phi) is 6.11. The molecule has 0 aliphatic carbocycles. The van der Waals surface area contributed by atoms with Crippen molar-refractivity contribution in [3.8, 4) is 0 Å². The van der Waals surface area contributed by atoms with Crippen molar-refractivity contribution in [3.63, 3.8) is 0 Å². The van der Waals surface area contributed by atoms with Crippen LogP contribution >= 0.6 is 0 Å². The topological polar surface area (TPSA) is 76.5 Å². The number of nitrogens with one attached hydrogen (secondary N) is 1. The number of anilines is 1. The number of carbonyl (C=O) groups is 2. The van der Waals surface area contributed by atoms with E-state index in [1.165, 1.54) is 0 Å². The Morgan fingerprint density at radius 1 is 1.30 bits per heavy atom. The van der Waals surface area contributed by atoms with Gasteiger partial charge in [-0.15, -0.1) is 0 Å². The van der Waals surface area contributed by atoms with Gasteiger partial charge >= 0.3 is 6.09 Å². The highest BCUT2D eigenvalue weighted by molar-refractivity contribution is 5.92. The molecule has 1 aliphatic rings. The SMILES string of the molecule is CCOC(=O)N1CCC[C@@H](C(=O)Nc2cc(C)nn2Cc2ccccc2)C1. The quantitative estimate of drug-likeness (QED) is 0.878. The van der Waals surface area contributed by atoms with Crippen molar-refractivity contribution >= 4 is 17.8 Å². The van der Waals surface area contributed by atoms with Crippen molar-refractivity contribution in [2.24, 2.45) is 5.92 Å². The number of ether oxygens (including phenoxy) is 1. The number of aromatic nitrogens is 2. The first-order valence-electron chi connectivity index (χ1n) is 9.37. The Balaban J connectivity index is 1.66. The van der Waals surface area contributed by atoms with Crippen LogP contribution in [0.15, 0.2) is 36.4 Å². The van der Waals surface area contributed by atoms with Gasteiger partial charge in [-0.25, -0.2) is 9.48 Å². The zero-order chi connectivity index (χ0) is 19.2. The van der Waals surface area contributed by atoms with Gasteiger partial charge in [0.15, 0.2) is 0 Å². The number of benzene rings is 1. The highest BCUT2D eigenvalue weighted by atomic mass is 16.6. The van der Waals surface area contributed by atoms with E-state index < -0.39 is 0 Å². The first-order chi connectivity index (χ1) is 13.1. The smallest absolute Gasteiger partial charge is 0.409 e. The van der Waals surface area contributed by atoms with Gasteiger partial charge in [0.05, 0.1) is 24.8 Å². The van der Waals surface area contributed by atoms with Gasteiger partial charge in [-0.05, 0) is 32.3 Å². The second kappa shape index (κ2) is 8.70. The lowest BCUT2D eigenvalue weighted by molar-refractivity contribution is -0.121. The van der Waals surface area contributed by atoms with Crippen molar-refractivity contribution < 1.29 is 14.3 Å². The Bertz CT molecular complexity index is 788. The average Bonchev–Trinajstić information content (AvgIpc) is 3.01. The lowest BCUT2D eigenvalue weighted by Crippen LogP contribution is -2.44. The molecule has 1 aromatic carbocycles. The lowest BCUT2D eigenvalue weighted by atomic mass is 9.97. The standard InChI is InChI=1S/C20H26N4O3/c1-3-27-20(26)23-11-7-10-17(14-23)19(25)21-18-12-15(2)22-24(18)13-16-8-5-4-6-9-16/h4-6,8-9,12,17H,3,7,10-11,13-14H2,1-2H3,(H,21,25)/t17-/m1/s1.